The van der Waals surface area contributed by atoms with Gasteiger partial charge < -0.3 is 19.3 Å². The minimum Gasteiger partial charge on any atom is -0.496 e. The van der Waals surface area contributed by atoms with Gasteiger partial charge in [-0.2, -0.15) is 5.26 Å². The zero-order chi connectivity index (χ0) is 27.8. The van der Waals surface area contributed by atoms with Crippen molar-refractivity contribution in [3.63, 3.8) is 0 Å². The number of hydrogen-bond donors (Lipinski definition) is 1. The van der Waals surface area contributed by atoms with Gasteiger partial charge >= 0.3 is 0 Å². The van der Waals surface area contributed by atoms with Crippen LogP contribution in [-0.4, -0.2) is 52.2 Å². The van der Waals surface area contributed by atoms with Gasteiger partial charge in [0.1, 0.15) is 5.75 Å². The number of ketones is 2. The highest BCUT2D eigenvalue weighted by Gasteiger charge is 2.79. The number of aromatic nitrogens is 1. The fourth-order valence-corrected chi connectivity index (χ4v) is 8.76. The van der Waals surface area contributed by atoms with Gasteiger partial charge in [-0.1, -0.05) is 18.6 Å². The summed E-state index contributed by atoms with van der Waals surface area (Å²) in [6, 6.07) is 3.64. The summed E-state index contributed by atoms with van der Waals surface area (Å²) in [6.45, 7) is 3.65. The highest BCUT2D eigenvalue weighted by molar-refractivity contribution is 6.01. The summed E-state index contributed by atoms with van der Waals surface area (Å²) >= 11 is 0. The molecule has 3 saturated carbocycles. The van der Waals surface area contributed by atoms with Gasteiger partial charge in [0.25, 0.3) is 0 Å². The van der Waals surface area contributed by atoms with Gasteiger partial charge in [-0.15, -0.1) is 0 Å². The molecule has 5 aliphatic rings. The van der Waals surface area contributed by atoms with E-state index in [4.69, 9.17) is 14.2 Å². The number of ether oxygens (including phenoxy) is 3. The van der Waals surface area contributed by atoms with Crippen molar-refractivity contribution >= 4 is 11.6 Å². The number of carbonyl (C=O) groups is 2. The molecule has 1 aromatic rings. The van der Waals surface area contributed by atoms with Crippen LogP contribution in [0.3, 0.4) is 0 Å². The monoisotopic (exact) mass is 536 g/mol. The number of aliphatic hydroxyl groups excluding tert-OH is 1. The van der Waals surface area contributed by atoms with E-state index >= 15 is 4.39 Å². The normalized spacial score (nSPS) is 44.3. The molecule has 4 aliphatic carbocycles. The Balaban J connectivity index is 1.46. The van der Waals surface area contributed by atoms with Crippen LogP contribution in [-0.2, 0) is 19.1 Å². The Morgan fingerprint density at radius 3 is 2.90 bits per heavy atom. The fourth-order valence-electron chi connectivity index (χ4n) is 8.76. The summed E-state index contributed by atoms with van der Waals surface area (Å²) in [7, 11) is 1.52. The standard InChI is InChI=1S/C30H33FN2O6/c1-27-10-7-18(34)13-17(27)5-4-6-20-21-14-25-30(23(35)8-11-32,28(21,2)15-24(36)29(20,27)31)39-26(38-25)19-16-33-12-9-22(19)37-3/h7,9-10,12-13,16,20-21,24-26,36H,4-6,8,14-15H2,1-3H3/t20?,21-,24?,25+,26?,27?,28?,29-,30+/m0/s1. The van der Waals surface area contributed by atoms with E-state index in [0.717, 1.165) is 0 Å². The zero-order valence-electron chi connectivity index (χ0n) is 22.4. The van der Waals surface area contributed by atoms with Crippen LogP contribution in [0.2, 0.25) is 0 Å². The van der Waals surface area contributed by atoms with Crippen molar-refractivity contribution < 1.29 is 33.3 Å². The number of aliphatic hydroxyl groups is 1. The SMILES string of the molecule is COc1ccncc1C1O[C@@H]2C[C@H]3C4CCCC5=CC(=O)C=CC5(C)[C@@]4(F)C(O)CC3(C)[C@]2(C(=O)CC#N)O1. The Kier molecular flexibility index (Phi) is 5.92. The topological polar surface area (TPSA) is 119 Å². The molecule has 0 spiro atoms. The first-order chi connectivity index (χ1) is 18.6. The maximum absolute atomic E-state index is 17.7. The number of methoxy groups -OCH3 is 1. The van der Waals surface area contributed by atoms with Crippen LogP contribution in [0.4, 0.5) is 4.39 Å². The summed E-state index contributed by atoms with van der Waals surface area (Å²) < 4.78 is 36.2. The molecule has 4 fully saturated rings. The second-order valence-corrected chi connectivity index (χ2v) is 12.0. The van der Waals surface area contributed by atoms with E-state index in [-0.39, 0.29) is 18.1 Å². The van der Waals surface area contributed by atoms with Crippen molar-refractivity contribution in [3.05, 3.63) is 47.8 Å². The van der Waals surface area contributed by atoms with E-state index in [1.807, 2.05) is 13.0 Å². The number of alkyl halides is 1. The highest BCUT2D eigenvalue weighted by Crippen LogP contribution is 2.72. The second-order valence-electron chi connectivity index (χ2n) is 12.0. The largest absolute Gasteiger partial charge is 0.496 e. The molecule has 1 aromatic heterocycles. The molecule has 1 saturated heterocycles. The van der Waals surface area contributed by atoms with Gasteiger partial charge in [0.2, 0.25) is 0 Å². The Morgan fingerprint density at radius 2 is 2.15 bits per heavy atom. The molecule has 5 unspecified atom stereocenters. The molecule has 0 bridgehead atoms. The molecule has 206 valence electrons. The van der Waals surface area contributed by atoms with Crippen molar-refractivity contribution in [2.75, 3.05) is 7.11 Å². The van der Waals surface area contributed by atoms with Crippen LogP contribution in [0.25, 0.3) is 0 Å². The summed E-state index contributed by atoms with van der Waals surface area (Å²) in [5, 5.41) is 21.3. The molecular formula is C30H33FN2O6. The lowest BCUT2D eigenvalue weighted by molar-refractivity contribution is -0.224. The maximum atomic E-state index is 17.7. The van der Waals surface area contributed by atoms with E-state index in [1.165, 1.54) is 19.3 Å². The highest BCUT2D eigenvalue weighted by atomic mass is 19.1. The van der Waals surface area contributed by atoms with Gasteiger partial charge in [0.05, 0.1) is 37.4 Å². The number of pyridine rings is 1. The third kappa shape index (κ3) is 3.22. The first-order valence-corrected chi connectivity index (χ1v) is 13.6. The van der Waals surface area contributed by atoms with Gasteiger partial charge in [0, 0.05) is 29.1 Å². The number of hydrogen-bond acceptors (Lipinski definition) is 8. The van der Waals surface area contributed by atoms with Crippen LogP contribution >= 0.6 is 0 Å². The number of nitrogens with zero attached hydrogens (tertiary/aromatic N) is 2. The average molecular weight is 537 g/mol. The van der Waals surface area contributed by atoms with E-state index in [2.05, 4.69) is 4.98 Å². The van der Waals surface area contributed by atoms with Gasteiger partial charge in [-0.05, 0) is 63.2 Å². The molecule has 0 amide bonds. The van der Waals surface area contributed by atoms with Crippen LogP contribution in [0.15, 0.2) is 42.3 Å². The smallest absolute Gasteiger partial charge is 0.190 e. The van der Waals surface area contributed by atoms with Crippen LogP contribution in [0.5, 0.6) is 5.75 Å². The van der Waals surface area contributed by atoms with Crippen molar-refractivity contribution in [1.82, 2.24) is 4.98 Å². The number of rotatable bonds is 4. The Morgan fingerprint density at radius 1 is 1.36 bits per heavy atom. The van der Waals surface area contributed by atoms with E-state index in [0.29, 0.717) is 42.6 Å². The number of fused-ring (bicyclic) bond motifs is 7. The lowest BCUT2D eigenvalue weighted by atomic mass is 9.48. The zero-order valence-corrected chi connectivity index (χ0v) is 22.4. The Labute approximate surface area is 226 Å². The first kappa shape index (κ1) is 26.3. The fraction of sp³-hybridized carbons (Fsp3) is 0.600. The predicted octanol–water partition coefficient (Wildman–Crippen LogP) is 4.10. The van der Waals surface area contributed by atoms with Crippen molar-refractivity contribution in [1.29, 1.82) is 5.26 Å². The van der Waals surface area contributed by atoms with Crippen LogP contribution in [0.1, 0.15) is 64.2 Å². The van der Waals surface area contributed by atoms with Gasteiger partial charge in [-0.25, -0.2) is 4.39 Å². The molecule has 1 N–H and O–H groups in total. The van der Waals surface area contributed by atoms with E-state index < -0.39 is 58.7 Å². The van der Waals surface area contributed by atoms with Crippen LogP contribution in [0, 0.1) is 34.0 Å². The molecule has 39 heavy (non-hydrogen) atoms. The lowest BCUT2D eigenvalue weighted by Crippen LogP contribution is -2.68. The average Bonchev–Trinajstić information content (AvgIpc) is 3.37. The molecule has 6 rings (SSSR count). The molecule has 8 nitrogen and oxygen atoms in total. The number of halogens is 1. The minimum atomic E-state index is -2.05. The number of nitriles is 1. The number of allylic oxidation sites excluding steroid dienone is 4. The number of carbonyl (C=O) groups excluding carboxylic acids is 2. The molecular weight excluding hydrogens is 503 g/mol. The maximum Gasteiger partial charge on any atom is 0.190 e. The lowest BCUT2D eigenvalue weighted by Gasteiger charge is -2.59. The van der Waals surface area contributed by atoms with Gasteiger partial charge in [-0.3, -0.25) is 14.6 Å². The molecule has 1 aliphatic heterocycles. The minimum absolute atomic E-state index is 0.0523. The van der Waals surface area contributed by atoms with Crippen molar-refractivity contribution in [3.8, 4) is 11.8 Å². The summed E-state index contributed by atoms with van der Waals surface area (Å²) in [4.78, 5) is 30.2. The summed E-state index contributed by atoms with van der Waals surface area (Å²) in [6.07, 6.45) is 6.12. The summed E-state index contributed by atoms with van der Waals surface area (Å²) in [5.41, 5.74) is -4.55. The molecule has 9 heteroatoms. The second kappa shape index (κ2) is 8.79. The van der Waals surface area contributed by atoms with Crippen molar-refractivity contribution in [2.45, 2.75) is 82.1 Å². The van der Waals surface area contributed by atoms with Crippen LogP contribution < -0.4 is 4.74 Å². The Hall–Kier alpha value is -2.93. The van der Waals surface area contributed by atoms with E-state index in [9.17, 15) is 20.0 Å². The summed E-state index contributed by atoms with van der Waals surface area (Å²) in [5.74, 6) is -1.09. The molecule has 9 atom stereocenters. The molecule has 2 heterocycles. The molecule has 0 aromatic carbocycles. The Bertz CT molecular complexity index is 1340. The third-order valence-corrected chi connectivity index (χ3v) is 10.6. The molecule has 0 radical (unpaired) electrons. The number of Topliss-reactive ketones (excluding diaryl/α,β-unsaturated/α-hetero) is 1. The predicted molar refractivity (Wildman–Crippen MR) is 136 cm³/mol. The van der Waals surface area contributed by atoms with Crippen molar-refractivity contribution in [2.24, 2.45) is 22.7 Å². The van der Waals surface area contributed by atoms with Gasteiger partial charge in [0.15, 0.2) is 29.1 Å². The first-order valence-electron chi connectivity index (χ1n) is 13.6. The quantitative estimate of drug-likeness (QED) is 0.611. The third-order valence-electron chi connectivity index (χ3n) is 10.6. The van der Waals surface area contributed by atoms with E-state index in [1.54, 1.807) is 31.5 Å².